The quantitative estimate of drug-likeness (QED) is 0.397. The number of carbonyl (C=O) groups is 4. The summed E-state index contributed by atoms with van der Waals surface area (Å²) in [6, 6.07) is -2.17. The Kier molecular flexibility index (Phi) is 9.80. The molecule has 164 valence electrons. The summed E-state index contributed by atoms with van der Waals surface area (Å²) >= 11 is 0. The predicted molar refractivity (Wildman–Crippen MR) is 108 cm³/mol. The minimum absolute atomic E-state index is 0.157. The maximum absolute atomic E-state index is 12.7. The summed E-state index contributed by atoms with van der Waals surface area (Å²) in [5, 5.41) is 6.76. The average Bonchev–Trinajstić information content (AvgIpc) is 2.70. The molecular weight excluding hydrogens is 376 g/mol. The van der Waals surface area contributed by atoms with Crippen molar-refractivity contribution in [3.63, 3.8) is 0 Å². The van der Waals surface area contributed by atoms with Crippen molar-refractivity contribution in [2.75, 3.05) is 13.7 Å². The Morgan fingerprint density at radius 2 is 1.76 bits per heavy atom. The van der Waals surface area contributed by atoms with Crippen LogP contribution < -0.4 is 16.1 Å². The minimum atomic E-state index is -0.822. The van der Waals surface area contributed by atoms with Gasteiger partial charge in [-0.25, -0.2) is 5.43 Å². The maximum Gasteiger partial charge on any atom is 0.324 e. The molecule has 0 aromatic heterocycles. The van der Waals surface area contributed by atoms with Crippen molar-refractivity contribution in [2.45, 2.75) is 65.6 Å². The molecule has 1 saturated heterocycles. The summed E-state index contributed by atoms with van der Waals surface area (Å²) in [6.07, 6.45) is 4.74. The van der Waals surface area contributed by atoms with Gasteiger partial charge in [-0.3, -0.25) is 24.2 Å². The second-order valence-corrected chi connectivity index (χ2v) is 7.61. The SMILES string of the molecule is C/C=C/[C@@H](C)C(=O)N[C@H](C(=O)N[C@@H](C)C(=O)N1CCC[C@@H](C(=O)OC)N1)C(C)C. The molecule has 0 spiro atoms. The van der Waals surface area contributed by atoms with Gasteiger partial charge in [0.05, 0.1) is 13.0 Å². The van der Waals surface area contributed by atoms with E-state index in [2.05, 4.69) is 16.1 Å². The number of hydrazine groups is 1. The lowest BCUT2D eigenvalue weighted by Gasteiger charge is -2.34. The lowest BCUT2D eigenvalue weighted by molar-refractivity contribution is -0.150. The summed E-state index contributed by atoms with van der Waals surface area (Å²) < 4.78 is 4.72. The summed E-state index contributed by atoms with van der Waals surface area (Å²) in [6.45, 7) is 9.22. The highest BCUT2D eigenvalue weighted by Gasteiger charge is 2.33. The molecule has 1 heterocycles. The van der Waals surface area contributed by atoms with Crippen LogP contribution in [-0.4, -0.2) is 60.5 Å². The number of nitrogens with one attached hydrogen (secondary N) is 3. The van der Waals surface area contributed by atoms with E-state index < -0.39 is 30.0 Å². The number of amides is 3. The van der Waals surface area contributed by atoms with Gasteiger partial charge in [0, 0.05) is 6.54 Å². The van der Waals surface area contributed by atoms with Crippen molar-refractivity contribution >= 4 is 23.7 Å². The Balaban J connectivity index is 2.72. The summed E-state index contributed by atoms with van der Waals surface area (Å²) in [5.41, 5.74) is 2.85. The van der Waals surface area contributed by atoms with Crippen LogP contribution in [0.3, 0.4) is 0 Å². The third-order valence-electron chi connectivity index (χ3n) is 4.81. The van der Waals surface area contributed by atoms with E-state index in [4.69, 9.17) is 4.74 Å². The number of carbonyl (C=O) groups excluding carboxylic acids is 4. The molecule has 29 heavy (non-hydrogen) atoms. The number of hydrogen-bond acceptors (Lipinski definition) is 6. The zero-order chi connectivity index (χ0) is 22.1. The predicted octanol–water partition coefficient (Wildman–Crippen LogP) is 0.513. The Labute approximate surface area is 172 Å². The second kappa shape index (κ2) is 11.5. The molecule has 0 saturated carbocycles. The van der Waals surface area contributed by atoms with Crippen LogP contribution in [0.25, 0.3) is 0 Å². The smallest absolute Gasteiger partial charge is 0.324 e. The van der Waals surface area contributed by atoms with E-state index in [1.165, 1.54) is 12.1 Å². The largest absolute Gasteiger partial charge is 0.468 e. The monoisotopic (exact) mass is 410 g/mol. The van der Waals surface area contributed by atoms with Crippen molar-refractivity contribution in [3.8, 4) is 0 Å². The lowest BCUT2D eigenvalue weighted by Crippen LogP contribution is -2.61. The van der Waals surface area contributed by atoms with Crippen molar-refractivity contribution in [2.24, 2.45) is 11.8 Å². The Hall–Kier alpha value is -2.42. The number of allylic oxidation sites excluding steroid dienone is 1. The molecule has 1 rings (SSSR count). The number of ether oxygens (including phenoxy) is 1. The van der Waals surface area contributed by atoms with Crippen molar-refractivity contribution < 1.29 is 23.9 Å². The number of esters is 1. The van der Waals surface area contributed by atoms with Gasteiger partial charge in [-0.15, -0.1) is 0 Å². The molecule has 0 aromatic rings. The van der Waals surface area contributed by atoms with E-state index in [1.807, 2.05) is 20.8 Å². The summed E-state index contributed by atoms with van der Waals surface area (Å²) in [7, 11) is 1.30. The van der Waals surface area contributed by atoms with Crippen LogP contribution in [-0.2, 0) is 23.9 Å². The van der Waals surface area contributed by atoms with Crippen LogP contribution >= 0.6 is 0 Å². The molecule has 9 heteroatoms. The Morgan fingerprint density at radius 1 is 1.10 bits per heavy atom. The first-order chi connectivity index (χ1) is 13.6. The van der Waals surface area contributed by atoms with Gasteiger partial charge in [-0.1, -0.05) is 32.9 Å². The van der Waals surface area contributed by atoms with Crippen molar-refractivity contribution in [1.82, 2.24) is 21.1 Å². The Bertz CT molecular complexity index is 634. The highest BCUT2D eigenvalue weighted by atomic mass is 16.5. The van der Waals surface area contributed by atoms with E-state index in [1.54, 1.807) is 26.0 Å². The van der Waals surface area contributed by atoms with Gasteiger partial charge in [0.1, 0.15) is 18.1 Å². The molecule has 0 bridgehead atoms. The maximum atomic E-state index is 12.7. The standard InChI is InChI=1S/C20H34N4O5/c1-7-9-13(4)17(25)22-16(12(2)3)18(26)21-14(5)19(27)24-11-8-10-15(23-24)20(28)29-6/h7,9,12-16,23H,8,10-11H2,1-6H3,(H,21,26)(H,22,25)/b9-7+/t13-,14+,15+,16+/m1/s1. The van der Waals surface area contributed by atoms with Gasteiger partial charge in [0.25, 0.3) is 5.91 Å². The molecular formula is C20H34N4O5. The highest BCUT2D eigenvalue weighted by Crippen LogP contribution is 2.11. The summed E-state index contributed by atoms with van der Waals surface area (Å²) in [4.78, 5) is 49.4. The number of rotatable bonds is 8. The van der Waals surface area contributed by atoms with Gasteiger partial charge in [-0.2, -0.15) is 0 Å². The Morgan fingerprint density at radius 3 is 2.31 bits per heavy atom. The van der Waals surface area contributed by atoms with E-state index >= 15 is 0 Å². The fraction of sp³-hybridized carbons (Fsp3) is 0.700. The molecule has 4 atom stereocenters. The molecule has 1 fully saturated rings. The van der Waals surface area contributed by atoms with Crippen LogP contribution in [0.4, 0.5) is 0 Å². The first-order valence-corrected chi connectivity index (χ1v) is 10.0. The molecule has 1 aliphatic heterocycles. The van der Waals surface area contributed by atoms with Crippen LogP contribution in [0.1, 0.15) is 47.5 Å². The number of nitrogens with zero attached hydrogens (tertiary/aromatic N) is 1. The van der Waals surface area contributed by atoms with Gasteiger partial charge < -0.3 is 15.4 Å². The zero-order valence-corrected chi connectivity index (χ0v) is 18.2. The fourth-order valence-corrected chi connectivity index (χ4v) is 3.05. The highest BCUT2D eigenvalue weighted by molar-refractivity contribution is 5.92. The molecule has 3 amide bonds. The van der Waals surface area contributed by atoms with E-state index in [0.29, 0.717) is 19.4 Å². The summed E-state index contributed by atoms with van der Waals surface area (Å²) in [5.74, 6) is -1.99. The molecule has 9 nitrogen and oxygen atoms in total. The molecule has 0 aromatic carbocycles. The first kappa shape index (κ1) is 24.6. The van der Waals surface area contributed by atoms with Gasteiger partial charge in [0.15, 0.2) is 0 Å². The van der Waals surface area contributed by atoms with E-state index in [0.717, 1.165) is 0 Å². The molecule has 3 N–H and O–H groups in total. The van der Waals surface area contributed by atoms with Crippen molar-refractivity contribution in [1.29, 1.82) is 0 Å². The molecule has 0 radical (unpaired) electrons. The zero-order valence-electron chi connectivity index (χ0n) is 18.2. The van der Waals surface area contributed by atoms with Crippen LogP contribution in [0.15, 0.2) is 12.2 Å². The molecule has 1 aliphatic rings. The van der Waals surface area contributed by atoms with E-state index in [-0.39, 0.29) is 23.7 Å². The normalized spacial score (nSPS) is 20.1. The first-order valence-electron chi connectivity index (χ1n) is 10.0. The third-order valence-corrected chi connectivity index (χ3v) is 4.81. The second-order valence-electron chi connectivity index (χ2n) is 7.61. The van der Waals surface area contributed by atoms with Gasteiger partial charge >= 0.3 is 5.97 Å². The van der Waals surface area contributed by atoms with Gasteiger partial charge in [-0.05, 0) is 32.6 Å². The van der Waals surface area contributed by atoms with Crippen LogP contribution in [0.5, 0.6) is 0 Å². The number of hydrogen-bond donors (Lipinski definition) is 3. The minimum Gasteiger partial charge on any atom is -0.468 e. The third kappa shape index (κ3) is 7.16. The van der Waals surface area contributed by atoms with Gasteiger partial charge in [0.2, 0.25) is 11.8 Å². The molecule has 0 unspecified atom stereocenters. The topological polar surface area (TPSA) is 117 Å². The lowest BCUT2D eigenvalue weighted by atomic mass is 10.0. The van der Waals surface area contributed by atoms with Crippen LogP contribution in [0, 0.1) is 11.8 Å². The van der Waals surface area contributed by atoms with E-state index in [9.17, 15) is 19.2 Å². The number of methoxy groups -OCH3 is 1. The fourth-order valence-electron chi connectivity index (χ4n) is 3.05. The molecule has 0 aliphatic carbocycles. The van der Waals surface area contributed by atoms with Crippen molar-refractivity contribution in [3.05, 3.63) is 12.2 Å². The van der Waals surface area contributed by atoms with Crippen LogP contribution in [0.2, 0.25) is 0 Å². The average molecular weight is 411 g/mol.